The molecular formula is C21H25BClNO4S. The van der Waals surface area contributed by atoms with Crippen LogP contribution in [0.25, 0.3) is 6.08 Å². The van der Waals surface area contributed by atoms with Crippen LogP contribution in [-0.2, 0) is 20.7 Å². The van der Waals surface area contributed by atoms with E-state index in [-0.39, 0.29) is 13.2 Å². The number of ether oxygens (including phenoxy) is 1. The Labute approximate surface area is 181 Å². The van der Waals surface area contributed by atoms with Crippen molar-refractivity contribution in [2.75, 3.05) is 6.54 Å². The maximum Gasteiger partial charge on any atom is 0.492 e. The van der Waals surface area contributed by atoms with Crippen molar-refractivity contribution in [1.29, 1.82) is 0 Å². The van der Waals surface area contributed by atoms with Gasteiger partial charge in [-0.3, -0.25) is 0 Å². The molecule has 0 aliphatic carbocycles. The van der Waals surface area contributed by atoms with Gasteiger partial charge in [0.1, 0.15) is 6.61 Å². The molecule has 1 N–H and O–H groups in total. The summed E-state index contributed by atoms with van der Waals surface area (Å²) in [6.45, 7) is 8.42. The Balaban J connectivity index is 1.67. The zero-order valence-corrected chi connectivity index (χ0v) is 18.6. The molecule has 0 spiro atoms. The molecule has 8 heteroatoms. The summed E-state index contributed by atoms with van der Waals surface area (Å²) in [5.74, 6) is 0. The van der Waals surface area contributed by atoms with Crippen molar-refractivity contribution in [3.63, 3.8) is 0 Å². The summed E-state index contributed by atoms with van der Waals surface area (Å²) in [6.07, 6.45) is 1.44. The Morgan fingerprint density at radius 2 is 1.79 bits per heavy atom. The summed E-state index contributed by atoms with van der Waals surface area (Å²) in [6, 6.07) is 13.3. The lowest BCUT2D eigenvalue weighted by Crippen LogP contribution is -2.41. The highest BCUT2D eigenvalue weighted by Gasteiger charge is 2.52. The zero-order chi connectivity index (χ0) is 21.1. The number of rotatable bonds is 6. The number of carbonyl (C=O) groups excluding carboxylic acids is 1. The SMILES string of the molecule is CC1(C)OB(C(=Cc2ccc(Cl)s2)CNC(=O)OCc2ccccc2)OC1(C)C. The topological polar surface area (TPSA) is 56.8 Å². The third-order valence-corrected chi connectivity index (χ3v) is 6.31. The average Bonchev–Trinajstić information content (AvgIpc) is 3.17. The number of hydrogen-bond acceptors (Lipinski definition) is 5. The molecule has 1 saturated heterocycles. The lowest BCUT2D eigenvalue weighted by atomic mass is 9.77. The lowest BCUT2D eigenvalue weighted by molar-refractivity contribution is 0.00578. The minimum absolute atomic E-state index is 0.211. The molecule has 154 valence electrons. The van der Waals surface area contributed by atoms with E-state index in [1.807, 2.05) is 76.2 Å². The van der Waals surface area contributed by atoms with Crippen LogP contribution < -0.4 is 5.32 Å². The average molecular weight is 434 g/mol. The van der Waals surface area contributed by atoms with Crippen LogP contribution in [-0.4, -0.2) is 31.0 Å². The van der Waals surface area contributed by atoms with Gasteiger partial charge in [-0.25, -0.2) is 4.79 Å². The first-order chi connectivity index (χ1) is 13.7. The summed E-state index contributed by atoms with van der Waals surface area (Å²) in [7, 11) is -0.574. The van der Waals surface area contributed by atoms with Crippen molar-refractivity contribution in [1.82, 2.24) is 5.32 Å². The molecule has 0 bridgehead atoms. The fourth-order valence-electron chi connectivity index (χ4n) is 2.73. The molecular weight excluding hydrogens is 409 g/mol. The quantitative estimate of drug-likeness (QED) is 0.624. The molecule has 3 rings (SSSR count). The molecule has 2 heterocycles. The van der Waals surface area contributed by atoms with Gasteiger partial charge in [0.25, 0.3) is 0 Å². The second kappa shape index (κ2) is 8.92. The van der Waals surface area contributed by atoms with Crippen molar-refractivity contribution < 1.29 is 18.8 Å². The minimum atomic E-state index is -0.574. The summed E-state index contributed by atoms with van der Waals surface area (Å²) in [5, 5.41) is 2.79. The summed E-state index contributed by atoms with van der Waals surface area (Å²) >= 11 is 7.51. The minimum Gasteiger partial charge on any atom is -0.445 e. The second-order valence-corrected chi connectivity index (χ2v) is 9.61. The van der Waals surface area contributed by atoms with Crippen molar-refractivity contribution in [2.24, 2.45) is 0 Å². The van der Waals surface area contributed by atoms with Crippen LogP contribution in [0.1, 0.15) is 38.1 Å². The number of benzene rings is 1. The Bertz CT molecular complexity index is 866. The normalized spacial score (nSPS) is 18.0. The summed E-state index contributed by atoms with van der Waals surface area (Å²) < 4.78 is 18.3. The van der Waals surface area contributed by atoms with E-state index in [4.69, 9.17) is 25.6 Å². The van der Waals surface area contributed by atoms with Gasteiger partial charge in [0, 0.05) is 11.4 Å². The van der Waals surface area contributed by atoms with Gasteiger partial charge in [-0.2, -0.15) is 0 Å². The van der Waals surface area contributed by atoms with Crippen molar-refractivity contribution in [2.45, 2.75) is 45.5 Å². The van der Waals surface area contributed by atoms with Gasteiger partial charge in [-0.05, 0) is 56.9 Å². The molecule has 1 amide bonds. The smallest absolute Gasteiger partial charge is 0.445 e. The molecule has 5 nitrogen and oxygen atoms in total. The number of hydrogen-bond donors (Lipinski definition) is 1. The molecule has 0 unspecified atom stereocenters. The second-order valence-electron chi connectivity index (χ2n) is 7.86. The van der Waals surface area contributed by atoms with Crippen LogP contribution in [0.5, 0.6) is 0 Å². The summed E-state index contributed by atoms with van der Waals surface area (Å²) in [4.78, 5) is 13.1. The van der Waals surface area contributed by atoms with Crippen LogP contribution in [0, 0.1) is 0 Å². The van der Waals surface area contributed by atoms with E-state index in [9.17, 15) is 4.79 Å². The van der Waals surface area contributed by atoms with E-state index < -0.39 is 24.4 Å². The third kappa shape index (κ3) is 5.63. The van der Waals surface area contributed by atoms with Crippen LogP contribution in [0.15, 0.2) is 47.9 Å². The van der Waals surface area contributed by atoms with Crippen LogP contribution >= 0.6 is 22.9 Å². The van der Waals surface area contributed by atoms with E-state index in [0.717, 1.165) is 15.9 Å². The molecule has 1 aliphatic rings. The van der Waals surface area contributed by atoms with E-state index in [1.165, 1.54) is 11.3 Å². The third-order valence-electron chi connectivity index (χ3n) is 5.13. The molecule has 0 radical (unpaired) electrons. The Morgan fingerprint density at radius 3 is 2.38 bits per heavy atom. The first-order valence-corrected chi connectivity index (χ1v) is 10.6. The lowest BCUT2D eigenvalue weighted by Gasteiger charge is -2.32. The Morgan fingerprint density at radius 1 is 1.14 bits per heavy atom. The number of thiophene rings is 1. The number of alkyl carbamates (subject to hydrolysis) is 1. The molecule has 2 aromatic rings. The van der Waals surface area contributed by atoms with E-state index in [0.29, 0.717) is 4.34 Å². The van der Waals surface area contributed by atoms with Crippen molar-refractivity contribution in [3.05, 3.63) is 62.7 Å². The van der Waals surface area contributed by atoms with Crippen molar-refractivity contribution >= 4 is 42.2 Å². The van der Waals surface area contributed by atoms with Gasteiger partial charge in [0.2, 0.25) is 0 Å². The molecule has 1 aromatic carbocycles. The van der Waals surface area contributed by atoms with Gasteiger partial charge < -0.3 is 19.4 Å². The number of amides is 1. The van der Waals surface area contributed by atoms with Crippen LogP contribution in [0.2, 0.25) is 4.34 Å². The van der Waals surface area contributed by atoms with Gasteiger partial charge in [0.05, 0.1) is 15.5 Å². The molecule has 29 heavy (non-hydrogen) atoms. The Hall–Kier alpha value is -1.80. The fourth-order valence-corrected chi connectivity index (χ4v) is 3.77. The largest absolute Gasteiger partial charge is 0.492 e. The highest BCUT2D eigenvalue weighted by Crippen LogP contribution is 2.39. The molecule has 1 aromatic heterocycles. The first-order valence-electron chi connectivity index (χ1n) is 9.42. The van der Waals surface area contributed by atoms with Gasteiger partial charge in [0.15, 0.2) is 0 Å². The van der Waals surface area contributed by atoms with E-state index >= 15 is 0 Å². The monoisotopic (exact) mass is 433 g/mol. The number of carbonyl (C=O) groups is 1. The maximum absolute atomic E-state index is 12.2. The predicted octanol–water partition coefficient (Wildman–Crippen LogP) is 5.34. The van der Waals surface area contributed by atoms with Gasteiger partial charge in [-0.1, -0.05) is 41.9 Å². The van der Waals surface area contributed by atoms with Crippen LogP contribution in [0.4, 0.5) is 4.79 Å². The Kier molecular flexibility index (Phi) is 6.74. The van der Waals surface area contributed by atoms with Gasteiger partial charge in [-0.15, -0.1) is 11.3 Å². The zero-order valence-electron chi connectivity index (χ0n) is 17.0. The first kappa shape index (κ1) is 21.9. The number of nitrogens with one attached hydrogen (secondary N) is 1. The summed E-state index contributed by atoms with van der Waals surface area (Å²) in [5.41, 5.74) is 0.770. The highest BCUT2D eigenvalue weighted by atomic mass is 35.5. The van der Waals surface area contributed by atoms with E-state index in [2.05, 4.69) is 5.32 Å². The molecule has 0 saturated carbocycles. The molecule has 1 fully saturated rings. The predicted molar refractivity (Wildman–Crippen MR) is 118 cm³/mol. The van der Waals surface area contributed by atoms with E-state index in [1.54, 1.807) is 0 Å². The molecule has 0 atom stereocenters. The maximum atomic E-state index is 12.2. The standard InChI is InChI=1S/C21H25BClNO4S/c1-20(2)21(3,4)28-22(27-20)16(12-17-10-11-18(23)29-17)13-24-19(25)26-14-15-8-6-5-7-9-15/h5-12H,13-14H2,1-4H3,(H,24,25). The molecule has 1 aliphatic heterocycles. The fraction of sp³-hybridized carbons (Fsp3) is 0.381. The number of halogens is 1. The highest BCUT2D eigenvalue weighted by molar-refractivity contribution is 7.17. The van der Waals surface area contributed by atoms with Gasteiger partial charge >= 0.3 is 13.2 Å². The van der Waals surface area contributed by atoms with Crippen molar-refractivity contribution in [3.8, 4) is 0 Å². The van der Waals surface area contributed by atoms with Crippen LogP contribution in [0.3, 0.4) is 0 Å².